The lowest BCUT2D eigenvalue weighted by Gasteiger charge is -2.02. The second-order valence-corrected chi connectivity index (χ2v) is 9.71. The van der Waals surface area contributed by atoms with Gasteiger partial charge in [0, 0.05) is 15.8 Å². The molecule has 0 atom stereocenters. The molecule has 1 heterocycles. The van der Waals surface area contributed by atoms with E-state index in [1.54, 1.807) is 11.3 Å². The van der Waals surface area contributed by atoms with Gasteiger partial charge in [-0.15, -0.1) is 16.9 Å². The molecule has 0 saturated heterocycles. The molecule has 1 aromatic rings. The quantitative estimate of drug-likeness (QED) is 0.558. The highest BCUT2D eigenvalue weighted by Crippen LogP contribution is 2.13. The van der Waals surface area contributed by atoms with Gasteiger partial charge in [-0.05, 0) is 6.07 Å². The first kappa shape index (κ1) is 10.5. The highest BCUT2D eigenvalue weighted by atomic mass is 32.1. The van der Waals surface area contributed by atoms with Crippen molar-refractivity contribution < 1.29 is 5.11 Å². The zero-order valence-electron chi connectivity index (χ0n) is 8.22. The number of aliphatic hydroxyl groups is 1. The molecule has 0 unspecified atom stereocenters. The maximum atomic E-state index is 8.85. The minimum atomic E-state index is -1.26. The van der Waals surface area contributed by atoms with Gasteiger partial charge in [-0.3, -0.25) is 0 Å². The molecule has 0 spiro atoms. The predicted molar refractivity (Wildman–Crippen MR) is 60.5 cm³/mol. The molecule has 0 aliphatic heterocycles. The van der Waals surface area contributed by atoms with Gasteiger partial charge in [0.15, 0.2) is 0 Å². The van der Waals surface area contributed by atoms with Crippen LogP contribution in [0, 0.1) is 11.5 Å². The Bertz CT molecular complexity index is 338. The molecule has 0 radical (unpaired) electrons. The first-order valence-electron chi connectivity index (χ1n) is 4.23. The topological polar surface area (TPSA) is 20.2 Å². The van der Waals surface area contributed by atoms with Gasteiger partial charge in [0.1, 0.15) is 8.07 Å². The number of hydrogen-bond acceptors (Lipinski definition) is 2. The summed E-state index contributed by atoms with van der Waals surface area (Å²) in [7, 11) is -1.26. The largest absolute Gasteiger partial charge is 0.391 e. The Hall–Kier alpha value is -0.563. The van der Waals surface area contributed by atoms with Gasteiger partial charge in [-0.2, -0.15) is 0 Å². The van der Waals surface area contributed by atoms with Crippen LogP contribution in [-0.2, 0) is 6.61 Å². The highest BCUT2D eigenvalue weighted by molar-refractivity contribution is 7.10. The predicted octanol–water partition coefficient (Wildman–Crippen LogP) is 2.47. The van der Waals surface area contributed by atoms with Crippen LogP contribution in [0.25, 0.3) is 0 Å². The molecule has 0 aliphatic rings. The lowest BCUT2D eigenvalue weighted by atomic mass is 10.3. The van der Waals surface area contributed by atoms with Gasteiger partial charge in [0.25, 0.3) is 0 Å². The Labute approximate surface area is 84.4 Å². The van der Waals surface area contributed by atoms with E-state index in [0.717, 1.165) is 10.4 Å². The summed E-state index contributed by atoms with van der Waals surface area (Å²) in [5, 5.41) is 10.8. The molecular weight excluding hydrogens is 196 g/mol. The minimum Gasteiger partial charge on any atom is -0.391 e. The molecule has 0 fully saturated rings. The van der Waals surface area contributed by atoms with Crippen LogP contribution >= 0.6 is 11.3 Å². The first-order chi connectivity index (χ1) is 6.01. The number of thiophene rings is 1. The molecule has 0 amide bonds. The van der Waals surface area contributed by atoms with Crippen LogP contribution in [0.4, 0.5) is 0 Å². The van der Waals surface area contributed by atoms with Crippen LogP contribution in [-0.4, -0.2) is 13.2 Å². The third kappa shape index (κ3) is 3.77. The summed E-state index contributed by atoms with van der Waals surface area (Å²) >= 11 is 1.56. The maximum Gasteiger partial charge on any atom is 0.129 e. The molecule has 1 nitrogen and oxygen atoms in total. The molecule has 3 heteroatoms. The van der Waals surface area contributed by atoms with Crippen LogP contribution in [0.5, 0.6) is 0 Å². The van der Waals surface area contributed by atoms with Crippen LogP contribution in [0.3, 0.4) is 0 Å². The standard InChI is InChI=1S/C10H14OSSi/c1-13(2,3)5-4-9-6-10(7-11)12-8-9/h6,8,11H,7H2,1-3H3. The lowest BCUT2D eigenvalue weighted by molar-refractivity contribution is 0.285. The number of hydrogen-bond donors (Lipinski definition) is 1. The van der Waals surface area contributed by atoms with E-state index in [1.165, 1.54) is 0 Å². The van der Waals surface area contributed by atoms with Crippen LogP contribution in [0.1, 0.15) is 10.4 Å². The Morgan fingerprint density at radius 1 is 1.46 bits per heavy atom. The lowest BCUT2D eigenvalue weighted by Crippen LogP contribution is -2.16. The third-order valence-electron chi connectivity index (χ3n) is 1.39. The monoisotopic (exact) mass is 210 g/mol. The molecule has 1 aromatic heterocycles. The fourth-order valence-corrected chi connectivity index (χ4v) is 1.98. The van der Waals surface area contributed by atoms with E-state index in [1.807, 2.05) is 11.4 Å². The zero-order valence-corrected chi connectivity index (χ0v) is 10.0. The van der Waals surface area contributed by atoms with E-state index in [4.69, 9.17) is 5.11 Å². The molecule has 1 N–H and O–H groups in total. The summed E-state index contributed by atoms with van der Waals surface area (Å²) in [5.74, 6) is 3.15. The summed E-state index contributed by atoms with van der Waals surface area (Å²) in [6, 6.07) is 1.96. The summed E-state index contributed by atoms with van der Waals surface area (Å²) in [4.78, 5) is 0.986. The Morgan fingerprint density at radius 2 is 2.15 bits per heavy atom. The molecule has 1 rings (SSSR count). The van der Waals surface area contributed by atoms with Gasteiger partial charge in [0.2, 0.25) is 0 Å². The number of aliphatic hydroxyl groups excluding tert-OH is 1. The van der Waals surface area contributed by atoms with Gasteiger partial charge in [-0.1, -0.05) is 25.6 Å². The van der Waals surface area contributed by atoms with Crippen LogP contribution in [0.15, 0.2) is 11.4 Å². The molecule has 0 bridgehead atoms. The summed E-state index contributed by atoms with van der Waals surface area (Å²) in [6.07, 6.45) is 0. The van der Waals surface area contributed by atoms with E-state index in [9.17, 15) is 0 Å². The van der Waals surface area contributed by atoms with E-state index < -0.39 is 8.07 Å². The van der Waals surface area contributed by atoms with Crippen LogP contribution < -0.4 is 0 Å². The SMILES string of the molecule is C[Si](C)(C)C#Cc1csc(CO)c1. The van der Waals surface area contributed by atoms with Gasteiger partial charge < -0.3 is 5.11 Å². The van der Waals surface area contributed by atoms with Crippen LogP contribution in [0.2, 0.25) is 19.6 Å². The molecule has 0 saturated carbocycles. The summed E-state index contributed by atoms with van der Waals surface area (Å²) in [5.41, 5.74) is 4.33. The third-order valence-corrected chi connectivity index (χ3v) is 3.19. The molecule has 0 aromatic carbocycles. The number of rotatable bonds is 1. The van der Waals surface area contributed by atoms with Crippen molar-refractivity contribution in [3.8, 4) is 11.5 Å². The van der Waals surface area contributed by atoms with E-state index in [2.05, 4.69) is 31.1 Å². The minimum absolute atomic E-state index is 0.124. The van der Waals surface area contributed by atoms with E-state index >= 15 is 0 Å². The van der Waals surface area contributed by atoms with Crippen molar-refractivity contribution in [1.29, 1.82) is 0 Å². The van der Waals surface area contributed by atoms with Crippen molar-refractivity contribution in [2.75, 3.05) is 0 Å². The van der Waals surface area contributed by atoms with Crippen molar-refractivity contribution in [1.82, 2.24) is 0 Å². The van der Waals surface area contributed by atoms with Crippen molar-refractivity contribution >= 4 is 19.4 Å². The normalized spacial score (nSPS) is 10.8. The van der Waals surface area contributed by atoms with Gasteiger partial charge in [0.05, 0.1) is 6.61 Å². The average molecular weight is 210 g/mol. The maximum absolute atomic E-state index is 8.85. The van der Waals surface area contributed by atoms with Gasteiger partial charge in [-0.25, -0.2) is 0 Å². The Kier molecular flexibility index (Phi) is 3.31. The van der Waals surface area contributed by atoms with E-state index in [0.29, 0.717) is 0 Å². The van der Waals surface area contributed by atoms with E-state index in [-0.39, 0.29) is 6.61 Å². The second-order valence-electron chi connectivity index (χ2n) is 3.96. The summed E-state index contributed by atoms with van der Waals surface area (Å²) in [6.45, 7) is 6.79. The fraction of sp³-hybridized carbons (Fsp3) is 0.400. The first-order valence-corrected chi connectivity index (χ1v) is 8.61. The molecule has 0 aliphatic carbocycles. The van der Waals surface area contributed by atoms with Crippen molar-refractivity contribution in [3.63, 3.8) is 0 Å². The van der Waals surface area contributed by atoms with Crippen molar-refractivity contribution in [2.45, 2.75) is 26.2 Å². The summed E-state index contributed by atoms with van der Waals surface area (Å²) < 4.78 is 0. The molecule has 70 valence electrons. The zero-order chi connectivity index (χ0) is 9.90. The highest BCUT2D eigenvalue weighted by Gasteiger charge is 2.07. The van der Waals surface area contributed by atoms with Gasteiger partial charge >= 0.3 is 0 Å². The van der Waals surface area contributed by atoms with Crippen molar-refractivity contribution in [3.05, 3.63) is 21.9 Å². The molecule has 13 heavy (non-hydrogen) atoms. The Balaban J connectivity index is 2.78. The Morgan fingerprint density at radius 3 is 2.62 bits per heavy atom. The fourth-order valence-electron chi connectivity index (χ4n) is 0.789. The smallest absolute Gasteiger partial charge is 0.129 e. The van der Waals surface area contributed by atoms with Crippen molar-refractivity contribution in [2.24, 2.45) is 0 Å². The molecular formula is C10H14OSSi. The average Bonchev–Trinajstić information content (AvgIpc) is 2.47. The second kappa shape index (κ2) is 4.10.